The first-order valence-electron chi connectivity index (χ1n) is 4.79. The molecular formula is C9H16N2OS. The number of hydrogen-bond donors (Lipinski definition) is 1. The number of unbranched alkanes of at least 4 members (excludes halogenated alkanes) is 3. The van der Waals surface area contributed by atoms with E-state index in [1.165, 1.54) is 30.8 Å². The molecule has 0 saturated carbocycles. The molecule has 4 heteroatoms. The summed E-state index contributed by atoms with van der Waals surface area (Å²) in [5, 5.41) is 15.3. The van der Waals surface area contributed by atoms with E-state index in [-0.39, 0.29) is 0 Å². The third-order valence-electron chi connectivity index (χ3n) is 2.05. The highest BCUT2D eigenvalue weighted by atomic mass is 32.1. The van der Waals surface area contributed by atoms with E-state index in [0.717, 1.165) is 18.5 Å². The zero-order valence-corrected chi connectivity index (χ0v) is 8.76. The monoisotopic (exact) mass is 200 g/mol. The smallest absolute Gasteiger partial charge is 0.104 e. The first-order chi connectivity index (χ1) is 6.34. The summed E-state index contributed by atoms with van der Waals surface area (Å²) in [6, 6.07) is 0. The Morgan fingerprint density at radius 1 is 1.46 bits per heavy atom. The van der Waals surface area contributed by atoms with Gasteiger partial charge in [-0.1, -0.05) is 37.1 Å². The average Bonchev–Trinajstić information content (AvgIpc) is 2.65. The molecule has 1 heterocycles. The lowest BCUT2D eigenvalue weighted by molar-refractivity contribution is 0.158. The summed E-state index contributed by atoms with van der Waals surface area (Å²) in [6.07, 6.45) is 5.16. The van der Waals surface area contributed by atoms with Crippen LogP contribution in [0.15, 0.2) is 5.38 Å². The lowest BCUT2D eigenvalue weighted by Gasteiger charge is -2.05. The number of aromatic nitrogens is 2. The SMILES string of the molecule is CCCCCCC(O)c1csnn1. The van der Waals surface area contributed by atoms with Gasteiger partial charge in [-0.15, -0.1) is 5.10 Å². The first-order valence-corrected chi connectivity index (χ1v) is 5.63. The minimum Gasteiger partial charge on any atom is -0.387 e. The summed E-state index contributed by atoms with van der Waals surface area (Å²) >= 11 is 1.29. The Morgan fingerprint density at radius 2 is 2.31 bits per heavy atom. The standard InChI is InChI=1S/C9H16N2OS/c1-2-3-4-5-6-9(12)8-7-13-11-10-8/h7,9,12H,2-6H2,1H3. The molecular weight excluding hydrogens is 184 g/mol. The van der Waals surface area contributed by atoms with Gasteiger partial charge >= 0.3 is 0 Å². The number of aliphatic hydroxyl groups excluding tert-OH is 1. The van der Waals surface area contributed by atoms with Crippen LogP contribution in [0.2, 0.25) is 0 Å². The van der Waals surface area contributed by atoms with Gasteiger partial charge in [0, 0.05) is 5.38 Å². The minimum absolute atomic E-state index is 0.407. The van der Waals surface area contributed by atoms with Gasteiger partial charge in [0.05, 0.1) is 6.10 Å². The highest BCUT2D eigenvalue weighted by Gasteiger charge is 2.09. The zero-order valence-electron chi connectivity index (χ0n) is 7.94. The van der Waals surface area contributed by atoms with E-state index < -0.39 is 6.10 Å². The van der Waals surface area contributed by atoms with Crippen molar-refractivity contribution in [2.75, 3.05) is 0 Å². The molecule has 1 rings (SSSR count). The molecule has 3 nitrogen and oxygen atoms in total. The summed E-state index contributed by atoms with van der Waals surface area (Å²) < 4.78 is 3.72. The van der Waals surface area contributed by atoms with Crippen molar-refractivity contribution < 1.29 is 5.11 Å². The lowest BCUT2D eigenvalue weighted by Crippen LogP contribution is -1.97. The molecule has 1 aromatic heterocycles. The van der Waals surface area contributed by atoms with Crippen LogP contribution in [0.5, 0.6) is 0 Å². The fourth-order valence-corrected chi connectivity index (χ4v) is 1.73. The first kappa shape index (κ1) is 10.6. The van der Waals surface area contributed by atoms with Crippen molar-refractivity contribution in [3.8, 4) is 0 Å². The number of hydrogen-bond acceptors (Lipinski definition) is 4. The summed E-state index contributed by atoms with van der Waals surface area (Å²) in [5.41, 5.74) is 0.724. The van der Waals surface area contributed by atoms with Crippen molar-refractivity contribution >= 4 is 11.5 Å². The molecule has 0 saturated heterocycles. The second-order valence-corrected chi connectivity index (χ2v) is 3.80. The van der Waals surface area contributed by atoms with Crippen LogP contribution >= 0.6 is 11.5 Å². The van der Waals surface area contributed by atoms with E-state index in [1.807, 2.05) is 5.38 Å². The fraction of sp³-hybridized carbons (Fsp3) is 0.778. The predicted octanol–water partition coefficient (Wildman–Crippen LogP) is 2.54. The maximum atomic E-state index is 9.61. The number of nitrogens with zero attached hydrogens (tertiary/aromatic N) is 2. The second kappa shape index (κ2) is 6.05. The third-order valence-corrected chi connectivity index (χ3v) is 2.57. The van der Waals surface area contributed by atoms with E-state index in [0.29, 0.717) is 0 Å². The van der Waals surface area contributed by atoms with Gasteiger partial charge in [-0.05, 0) is 18.0 Å². The summed E-state index contributed by atoms with van der Waals surface area (Å²) in [5.74, 6) is 0. The van der Waals surface area contributed by atoms with Crippen LogP contribution in [0.1, 0.15) is 50.8 Å². The Morgan fingerprint density at radius 3 is 2.92 bits per heavy atom. The lowest BCUT2D eigenvalue weighted by atomic mass is 10.1. The Hall–Kier alpha value is -0.480. The largest absolute Gasteiger partial charge is 0.387 e. The molecule has 1 aromatic rings. The van der Waals surface area contributed by atoms with E-state index in [2.05, 4.69) is 16.5 Å². The van der Waals surface area contributed by atoms with Gasteiger partial charge in [-0.2, -0.15) is 0 Å². The molecule has 0 bridgehead atoms. The average molecular weight is 200 g/mol. The molecule has 74 valence electrons. The van der Waals surface area contributed by atoms with Crippen LogP contribution in [0.4, 0.5) is 0 Å². The molecule has 1 atom stereocenters. The van der Waals surface area contributed by atoms with Crippen molar-refractivity contribution in [2.45, 2.75) is 45.1 Å². The number of rotatable bonds is 6. The van der Waals surface area contributed by atoms with Crippen molar-refractivity contribution in [1.29, 1.82) is 0 Å². The molecule has 13 heavy (non-hydrogen) atoms. The van der Waals surface area contributed by atoms with Crippen LogP contribution in [0.25, 0.3) is 0 Å². The van der Waals surface area contributed by atoms with E-state index in [1.54, 1.807) is 0 Å². The Kier molecular flexibility index (Phi) is 4.93. The summed E-state index contributed by atoms with van der Waals surface area (Å²) in [7, 11) is 0. The molecule has 0 radical (unpaired) electrons. The van der Waals surface area contributed by atoms with Crippen molar-refractivity contribution in [2.24, 2.45) is 0 Å². The molecule has 0 aliphatic rings. The van der Waals surface area contributed by atoms with Crippen LogP contribution in [0, 0.1) is 0 Å². The second-order valence-electron chi connectivity index (χ2n) is 3.19. The van der Waals surface area contributed by atoms with Gasteiger partial charge in [-0.3, -0.25) is 0 Å². The predicted molar refractivity (Wildman–Crippen MR) is 53.6 cm³/mol. The van der Waals surface area contributed by atoms with Gasteiger partial charge in [0.15, 0.2) is 0 Å². The van der Waals surface area contributed by atoms with E-state index in [9.17, 15) is 5.11 Å². The molecule has 1 unspecified atom stereocenters. The Bertz CT molecular complexity index is 213. The maximum Gasteiger partial charge on any atom is 0.104 e. The van der Waals surface area contributed by atoms with Gasteiger partial charge in [-0.25, -0.2) is 0 Å². The molecule has 0 spiro atoms. The third kappa shape index (κ3) is 3.83. The topological polar surface area (TPSA) is 46.0 Å². The molecule has 0 fully saturated rings. The normalized spacial score (nSPS) is 13.1. The number of aliphatic hydroxyl groups is 1. The summed E-state index contributed by atoms with van der Waals surface area (Å²) in [6.45, 7) is 2.18. The van der Waals surface area contributed by atoms with E-state index >= 15 is 0 Å². The highest BCUT2D eigenvalue weighted by Crippen LogP contribution is 2.18. The molecule has 0 aliphatic carbocycles. The molecule has 0 amide bonds. The van der Waals surface area contributed by atoms with Crippen molar-refractivity contribution in [3.05, 3.63) is 11.1 Å². The Labute approximate surface area is 83.0 Å². The van der Waals surface area contributed by atoms with Gasteiger partial charge < -0.3 is 5.11 Å². The van der Waals surface area contributed by atoms with Crippen LogP contribution in [-0.2, 0) is 0 Å². The van der Waals surface area contributed by atoms with Gasteiger partial charge in [0.2, 0.25) is 0 Å². The minimum atomic E-state index is -0.407. The van der Waals surface area contributed by atoms with Gasteiger partial charge in [0.1, 0.15) is 5.69 Å². The van der Waals surface area contributed by atoms with Crippen molar-refractivity contribution in [1.82, 2.24) is 9.59 Å². The fourth-order valence-electron chi connectivity index (χ4n) is 1.23. The van der Waals surface area contributed by atoms with E-state index in [4.69, 9.17) is 0 Å². The van der Waals surface area contributed by atoms with Gasteiger partial charge in [0.25, 0.3) is 0 Å². The highest BCUT2D eigenvalue weighted by molar-refractivity contribution is 7.03. The van der Waals surface area contributed by atoms with Crippen LogP contribution < -0.4 is 0 Å². The molecule has 0 aliphatic heterocycles. The summed E-state index contributed by atoms with van der Waals surface area (Å²) in [4.78, 5) is 0. The quantitative estimate of drug-likeness (QED) is 0.718. The zero-order chi connectivity index (χ0) is 9.52. The molecule has 1 N–H and O–H groups in total. The Balaban J connectivity index is 2.15. The molecule has 0 aromatic carbocycles. The van der Waals surface area contributed by atoms with Crippen LogP contribution in [0.3, 0.4) is 0 Å². The van der Waals surface area contributed by atoms with Crippen molar-refractivity contribution in [3.63, 3.8) is 0 Å². The maximum absolute atomic E-state index is 9.61. The van der Waals surface area contributed by atoms with Crippen LogP contribution in [-0.4, -0.2) is 14.7 Å².